The molecular weight excluding hydrogens is 555 g/mol. The Hall–Kier alpha value is -3.37. The Morgan fingerprint density at radius 2 is 1.90 bits per heavy atom. The van der Waals surface area contributed by atoms with Gasteiger partial charge in [0, 0.05) is 24.7 Å². The number of amides is 1. The van der Waals surface area contributed by atoms with E-state index in [4.69, 9.17) is 32.7 Å². The highest BCUT2D eigenvalue weighted by Crippen LogP contribution is 2.39. The molecule has 1 unspecified atom stereocenters. The number of hydrogen-bond acceptors (Lipinski definition) is 5. The van der Waals surface area contributed by atoms with Crippen molar-refractivity contribution in [2.75, 3.05) is 0 Å². The van der Waals surface area contributed by atoms with Gasteiger partial charge in [-0.05, 0) is 73.8 Å². The van der Waals surface area contributed by atoms with E-state index in [9.17, 15) is 14.2 Å². The number of rotatable bonds is 5. The molecule has 4 heterocycles. The van der Waals surface area contributed by atoms with Crippen molar-refractivity contribution in [1.29, 1.82) is 0 Å². The van der Waals surface area contributed by atoms with Crippen LogP contribution in [0.15, 0.2) is 65.9 Å². The van der Waals surface area contributed by atoms with Gasteiger partial charge in [-0.3, -0.25) is 4.79 Å². The molecule has 0 fully saturated rings. The molecule has 6 rings (SSSR count). The first-order chi connectivity index (χ1) is 19.0. The lowest BCUT2D eigenvalue weighted by Crippen LogP contribution is -2.30. The highest BCUT2D eigenvalue weighted by Gasteiger charge is 2.41. The first-order valence-corrected chi connectivity index (χ1v) is 13.5. The maximum Gasteiger partial charge on any atom is 0.492 e. The number of hydrogen-bond donors (Lipinski definition) is 2. The molecule has 7 nitrogen and oxygen atoms in total. The van der Waals surface area contributed by atoms with Crippen molar-refractivity contribution >= 4 is 52.9 Å². The highest BCUT2D eigenvalue weighted by molar-refractivity contribution is 6.62. The number of pyridine rings is 1. The maximum absolute atomic E-state index is 14.0. The maximum atomic E-state index is 14.0. The fourth-order valence-corrected chi connectivity index (χ4v) is 5.90. The van der Waals surface area contributed by atoms with Crippen LogP contribution in [-0.2, 0) is 27.2 Å². The third-order valence-electron chi connectivity index (χ3n) is 7.58. The molecule has 0 saturated heterocycles. The largest absolute Gasteiger partial charge is 0.492 e. The predicted octanol–water partition coefficient (Wildman–Crippen LogP) is 5.31. The lowest BCUT2D eigenvalue weighted by atomic mass is 9.77. The van der Waals surface area contributed by atoms with Crippen molar-refractivity contribution in [2.24, 2.45) is 5.16 Å². The fourth-order valence-electron chi connectivity index (χ4n) is 5.42. The molecular formula is C29H25BCl2FN3O4. The van der Waals surface area contributed by atoms with Crippen LogP contribution in [0, 0.1) is 5.82 Å². The highest BCUT2D eigenvalue weighted by atomic mass is 35.5. The topological polar surface area (TPSA) is 84.6 Å². The zero-order valence-electron chi connectivity index (χ0n) is 22.0. The van der Waals surface area contributed by atoms with Gasteiger partial charge in [0.1, 0.15) is 5.71 Å². The normalized spacial score (nSPS) is 19.5. The Balaban J connectivity index is 1.21. The van der Waals surface area contributed by atoms with E-state index < -0.39 is 24.1 Å². The zero-order valence-corrected chi connectivity index (χ0v) is 23.5. The van der Waals surface area contributed by atoms with Crippen LogP contribution in [0.5, 0.6) is 0 Å². The average Bonchev–Trinajstić information content (AvgIpc) is 3.62. The molecule has 0 spiro atoms. The summed E-state index contributed by atoms with van der Waals surface area (Å²) in [4.78, 5) is 19.0. The monoisotopic (exact) mass is 579 g/mol. The number of carbonyl (C=O) groups is 1. The van der Waals surface area contributed by atoms with E-state index in [0.29, 0.717) is 34.2 Å². The summed E-state index contributed by atoms with van der Waals surface area (Å²) in [5, 5.41) is 17.4. The minimum atomic E-state index is -0.991. The van der Waals surface area contributed by atoms with Crippen molar-refractivity contribution in [1.82, 2.24) is 9.72 Å². The number of halogens is 3. The second-order valence-electron chi connectivity index (χ2n) is 10.8. The molecule has 1 amide bonds. The van der Waals surface area contributed by atoms with Gasteiger partial charge in [-0.15, -0.1) is 0 Å². The van der Waals surface area contributed by atoms with Crippen LogP contribution >= 0.6 is 23.2 Å². The summed E-state index contributed by atoms with van der Waals surface area (Å²) in [5.41, 5.74) is 4.28. The summed E-state index contributed by atoms with van der Waals surface area (Å²) < 4.78 is 21.5. The Morgan fingerprint density at radius 3 is 2.65 bits per heavy atom. The third-order valence-corrected chi connectivity index (χ3v) is 8.13. The van der Waals surface area contributed by atoms with Crippen molar-refractivity contribution in [3.05, 3.63) is 105 Å². The number of fused-ring (bicyclic) bond motifs is 2. The zero-order chi connectivity index (χ0) is 28.4. The molecule has 4 aromatic rings. The SMILES string of the molecule is CC1(C)OB(O)c2cc(CNC(=O)c3ccc(C4=NOC(C)(c5cc(Cl)c(F)c(Cl)c5)C4)n4cccc34)ccc21. The van der Waals surface area contributed by atoms with Gasteiger partial charge >= 0.3 is 7.12 Å². The Kier molecular flexibility index (Phi) is 6.46. The van der Waals surface area contributed by atoms with E-state index in [-0.39, 0.29) is 22.5 Å². The van der Waals surface area contributed by atoms with Crippen LogP contribution in [0.1, 0.15) is 59.9 Å². The molecule has 0 aliphatic carbocycles. The molecule has 0 saturated carbocycles. The van der Waals surface area contributed by atoms with Crippen molar-refractivity contribution in [2.45, 2.75) is 44.9 Å². The summed E-state index contributed by atoms with van der Waals surface area (Å²) in [6.07, 6.45) is 2.24. The van der Waals surface area contributed by atoms with Crippen molar-refractivity contribution in [3.8, 4) is 0 Å². The van der Waals surface area contributed by atoms with Gasteiger partial charge in [-0.25, -0.2) is 4.39 Å². The van der Waals surface area contributed by atoms with E-state index in [1.807, 2.05) is 67.8 Å². The first kappa shape index (κ1) is 26.8. The molecule has 40 heavy (non-hydrogen) atoms. The molecule has 2 aliphatic heterocycles. The van der Waals surface area contributed by atoms with Gasteiger partial charge in [0.2, 0.25) is 0 Å². The van der Waals surface area contributed by atoms with Gasteiger partial charge in [-0.2, -0.15) is 0 Å². The molecule has 0 radical (unpaired) electrons. The third kappa shape index (κ3) is 4.47. The van der Waals surface area contributed by atoms with E-state index in [1.54, 1.807) is 6.07 Å². The number of oxime groups is 1. The van der Waals surface area contributed by atoms with Crippen LogP contribution in [0.2, 0.25) is 10.0 Å². The van der Waals surface area contributed by atoms with Crippen LogP contribution in [0.3, 0.4) is 0 Å². The Morgan fingerprint density at radius 1 is 1.15 bits per heavy atom. The number of aromatic nitrogens is 1. The van der Waals surface area contributed by atoms with Gasteiger partial charge < -0.3 is 24.2 Å². The molecule has 2 aromatic carbocycles. The fraction of sp³-hybridized carbons (Fsp3) is 0.241. The number of nitrogens with zero attached hydrogens (tertiary/aromatic N) is 2. The molecule has 2 aliphatic rings. The van der Waals surface area contributed by atoms with E-state index in [0.717, 1.165) is 16.8 Å². The lowest BCUT2D eigenvalue weighted by Gasteiger charge is -2.22. The first-order valence-electron chi connectivity index (χ1n) is 12.7. The van der Waals surface area contributed by atoms with E-state index in [2.05, 4.69) is 10.5 Å². The summed E-state index contributed by atoms with van der Waals surface area (Å²) >= 11 is 12.0. The van der Waals surface area contributed by atoms with Crippen molar-refractivity contribution in [3.63, 3.8) is 0 Å². The number of benzene rings is 2. The quantitative estimate of drug-likeness (QED) is 0.248. The number of nitrogens with one attached hydrogen (secondary N) is 1. The molecule has 11 heteroatoms. The Bertz CT molecular complexity index is 1700. The molecule has 2 aromatic heterocycles. The van der Waals surface area contributed by atoms with Gasteiger partial charge in [0.15, 0.2) is 11.4 Å². The second-order valence-corrected chi connectivity index (χ2v) is 11.6. The van der Waals surface area contributed by atoms with Crippen LogP contribution in [0.4, 0.5) is 4.39 Å². The van der Waals surface area contributed by atoms with Crippen molar-refractivity contribution < 1.29 is 23.7 Å². The van der Waals surface area contributed by atoms with E-state index in [1.165, 1.54) is 12.1 Å². The summed E-state index contributed by atoms with van der Waals surface area (Å²) in [6.45, 7) is 5.94. The van der Waals surface area contributed by atoms with Gasteiger partial charge in [-0.1, -0.05) is 46.6 Å². The smallest absolute Gasteiger partial charge is 0.423 e. The molecule has 204 valence electrons. The minimum Gasteiger partial charge on any atom is -0.423 e. The predicted molar refractivity (Wildman–Crippen MR) is 153 cm³/mol. The van der Waals surface area contributed by atoms with Crippen LogP contribution in [-0.4, -0.2) is 28.2 Å². The average molecular weight is 580 g/mol. The van der Waals surface area contributed by atoms with Crippen LogP contribution < -0.4 is 10.8 Å². The van der Waals surface area contributed by atoms with E-state index >= 15 is 0 Å². The number of carbonyl (C=O) groups excluding carboxylic acids is 1. The Labute approximate surface area is 240 Å². The molecule has 0 bridgehead atoms. The summed E-state index contributed by atoms with van der Waals surface area (Å²) in [6, 6.07) is 16.0. The standard InChI is InChI=1S/C29H25BCl2FN3O4/c1-28(2)19-8-6-16(11-20(19)30(38)39-28)15-34-27(37)18-7-9-25(36-10-4-5-24(18)36)23-14-29(3,40-35-23)17-12-21(31)26(33)22(32)13-17/h4-13,38H,14-15H2,1-3H3,(H,34,37). The molecule has 2 N–H and O–H groups in total. The van der Waals surface area contributed by atoms with Crippen LogP contribution in [0.25, 0.3) is 5.52 Å². The second kappa shape index (κ2) is 9.63. The molecule has 1 atom stereocenters. The summed E-state index contributed by atoms with van der Waals surface area (Å²) in [5.74, 6) is -0.914. The van der Waals surface area contributed by atoms with Gasteiger partial charge in [0.25, 0.3) is 5.91 Å². The lowest BCUT2D eigenvalue weighted by molar-refractivity contribution is -0.00742. The van der Waals surface area contributed by atoms with Gasteiger partial charge in [0.05, 0.1) is 32.4 Å². The summed E-state index contributed by atoms with van der Waals surface area (Å²) in [7, 11) is -0.991. The minimum absolute atomic E-state index is 0.0859.